The molecule has 2 aromatic carbocycles. The smallest absolute Gasteiger partial charge is 0.243 e. The van der Waals surface area contributed by atoms with Crippen molar-refractivity contribution in [3.63, 3.8) is 0 Å². The number of nitrogens with zero attached hydrogens (tertiary/aromatic N) is 4. The summed E-state index contributed by atoms with van der Waals surface area (Å²) in [6, 6.07) is 12.6. The molecule has 0 unspecified atom stereocenters. The van der Waals surface area contributed by atoms with Crippen molar-refractivity contribution in [3.8, 4) is 11.6 Å². The zero-order chi connectivity index (χ0) is 24.6. The molecule has 0 aliphatic carbocycles. The van der Waals surface area contributed by atoms with Crippen LogP contribution in [0.15, 0.2) is 53.4 Å². The first-order valence-electron chi connectivity index (χ1n) is 11.9. The van der Waals surface area contributed by atoms with Crippen molar-refractivity contribution in [2.75, 3.05) is 24.5 Å². The molecular formula is C26H29FN4O3S. The molecule has 0 radical (unpaired) electrons. The molecule has 0 N–H and O–H groups in total. The van der Waals surface area contributed by atoms with E-state index < -0.39 is 15.8 Å². The van der Waals surface area contributed by atoms with E-state index in [4.69, 9.17) is 14.7 Å². The summed E-state index contributed by atoms with van der Waals surface area (Å²) in [6.07, 6.45) is 2.61. The van der Waals surface area contributed by atoms with Crippen molar-refractivity contribution in [1.29, 1.82) is 0 Å². The fourth-order valence-electron chi connectivity index (χ4n) is 4.46. The van der Waals surface area contributed by atoms with Crippen molar-refractivity contribution in [1.82, 2.24) is 14.3 Å². The lowest BCUT2D eigenvalue weighted by atomic mass is 9.99. The van der Waals surface area contributed by atoms with Gasteiger partial charge in [-0.25, -0.2) is 17.8 Å². The van der Waals surface area contributed by atoms with Gasteiger partial charge in [0, 0.05) is 32.6 Å². The number of aryl methyl sites for hydroxylation is 1. The van der Waals surface area contributed by atoms with E-state index in [-0.39, 0.29) is 18.0 Å². The van der Waals surface area contributed by atoms with Crippen LogP contribution < -0.4 is 9.64 Å². The Morgan fingerprint density at radius 1 is 0.971 bits per heavy atom. The lowest BCUT2D eigenvalue weighted by molar-refractivity contribution is 0.368. The molecule has 184 valence electrons. The number of ether oxygens (including phenoxy) is 1. The fourth-order valence-corrected chi connectivity index (χ4v) is 5.87. The van der Waals surface area contributed by atoms with Crippen LogP contribution in [0, 0.1) is 18.7 Å². The van der Waals surface area contributed by atoms with Crippen LogP contribution in [0.2, 0.25) is 0 Å². The van der Waals surface area contributed by atoms with Crippen LogP contribution in [0.4, 0.5) is 10.3 Å². The largest absolute Gasteiger partial charge is 0.439 e. The Bertz CT molecular complexity index is 1310. The molecule has 3 aromatic rings. The maximum absolute atomic E-state index is 13.4. The van der Waals surface area contributed by atoms with Crippen LogP contribution >= 0.6 is 0 Å². The molecule has 1 aromatic heterocycles. The van der Waals surface area contributed by atoms with E-state index in [1.165, 1.54) is 16.4 Å². The average Bonchev–Trinajstić information content (AvgIpc) is 2.86. The third-order valence-electron chi connectivity index (χ3n) is 6.73. The van der Waals surface area contributed by atoms with Gasteiger partial charge < -0.3 is 9.64 Å². The van der Waals surface area contributed by atoms with Crippen LogP contribution in [-0.4, -0.2) is 42.3 Å². The van der Waals surface area contributed by atoms with Crippen LogP contribution in [0.1, 0.15) is 36.6 Å². The number of piperidine rings is 1. The lowest BCUT2D eigenvalue weighted by Crippen LogP contribution is -2.38. The highest BCUT2D eigenvalue weighted by molar-refractivity contribution is 7.89. The Kier molecular flexibility index (Phi) is 6.46. The van der Waals surface area contributed by atoms with Gasteiger partial charge in [0.1, 0.15) is 11.6 Å². The summed E-state index contributed by atoms with van der Waals surface area (Å²) in [6.45, 7) is 6.40. The summed E-state index contributed by atoms with van der Waals surface area (Å²) in [5, 5.41) is 0. The van der Waals surface area contributed by atoms with Gasteiger partial charge >= 0.3 is 0 Å². The molecule has 2 aliphatic heterocycles. The first kappa shape index (κ1) is 23.7. The van der Waals surface area contributed by atoms with Crippen LogP contribution in [0.25, 0.3) is 0 Å². The molecule has 7 nitrogen and oxygen atoms in total. The topological polar surface area (TPSA) is 75.6 Å². The number of sulfonamides is 1. The van der Waals surface area contributed by atoms with Gasteiger partial charge in [-0.15, -0.1) is 0 Å². The number of anilines is 1. The molecule has 0 saturated carbocycles. The summed E-state index contributed by atoms with van der Waals surface area (Å²) in [5.41, 5.74) is 2.58. The minimum atomic E-state index is -3.81. The second-order valence-corrected chi connectivity index (χ2v) is 11.3. The van der Waals surface area contributed by atoms with Gasteiger partial charge in [-0.3, -0.25) is 0 Å². The van der Waals surface area contributed by atoms with Gasteiger partial charge in [-0.1, -0.05) is 24.6 Å². The van der Waals surface area contributed by atoms with Gasteiger partial charge in [0.15, 0.2) is 0 Å². The number of benzene rings is 2. The molecular weight excluding hydrogens is 467 g/mol. The van der Waals surface area contributed by atoms with E-state index in [0.29, 0.717) is 35.5 Å². The molecule has 0 bridgehead atoms. The van der Waals surface area contributed by atoms with Crippen molar-refractivity contribution in [2.45, 2.75) is 44.6 Å². The number of aromatic nitrogens is 2. The second kappa shape index (κ2) is 9.54. The number of fused-ring (bicyclic) bond motifs is 1. The molecule has 3 heterocycles. The van der Waals surface area contributed by atoms with Crippen molar-refractivity contribution in [3.05, 3.63) is 71.2 Å². The van der Waals surface area contributed by atoms with E-state index in [2.05, 4.69) is 11.8 Å². The number of halogens is 1. The zero-order valence-corrected chi connectivity index (χ0v) is 20.8. The van der Waals surface area contributed by atoms with E-state index in [1.807, 2.05) is 31.2 Å². The van der Waals surface area contributed by atoms with Crippen LogP contribution in [0.5, 0.6) is 11.6 Å². The van der Waals surface area contributed by atoms with Crippen molar-refractivity contribution >= 4 is 16.0 Å². The predicted octanol–water partition coefficient (Wildman–Crippen LogP) is 4.70. The highest BCUT2D eigenvalue weighted by Crippen LogP contribution is 2.34. The van der Waals surface area contributed by atoms with E-state index in [0.717, 1.165) is 49.3 Å². The Balaban J connectivity index is 1.50. The van der Waals surface area contributed by atoms with Crippen molar-refractivity contribution < 1.29 is 17.5 Å². The van der Waals surface area contributed by atoms with E-state index in [9.17, 15) is 12.8 Å². The minimum Gasteiger partial charge on any atom is -0.439 e. The van der Waals surface area contributed by atoms with Gasteiger partial charge in [0.2, 0.25) is 21.9 Å². The molecule has 9 heteroatoms. The Morgan fingerprint density at radius 2 is 1.66 bits per heavy atom. The third kappa shape index (κ3) is 5.01. The standard InChI is InChI=1S/C26H29FN4O3S/c1-18-3-7-21(8-4-18)34-25-23-17-31(35(32,33)22-9-5-20(27)6-10-22)16-13-24(23)28-26(29-25)30-14-11-19(2)12-15-30/h3-10,19H,11-17H2,1-2H3. The van der Waals surface area contributed by atoms with Gasteiger partial charge in [0.25, 0.3) is 0 Å². The Hall–Kier alpha value is -3.04. The SMILES string of the molecule is Cc1ccc(Oc2nc(N3CCC(C)CC3)nc3c2CN(S(=O)(=O)c2ccc(F)cc2)CC3)cc1. The summed E-state index contributed by atoms with van der Waals surface area (Å²) in [7, 11) is -3.81. The average molecular weight is 497 g/mol. The zero-order valence-electron chi connectivity index (χ0n) is 19.9. The number of rotatable bonds is 5. The third-order valence-corrected chi connectivity index (χ3v) is 8.59. The molecule has 1 fully saturated rings. The van der Waals surface area contributed by atoms with Crippen LogP contribution in [-0.2, 0) is 23.0 Å². The predicted molar refractivity (Wildman–Crippen MR) is 132 cm³/mol. The summed E-state index contributed by atoms with van der Waals surface area (Å²) < 4.78 is 47.5. The molecule has 0 atom stereocenters. The molecule has 0 amide bonds. The fraction of sp³-hybridized carbons (Fsp3) is 0.385. The molecule has 35 heavy (non-hydrogen) atoms. The van der Waals surface area contributed by atoms with E-state index >= 15 is 0 Å². The molecule has 5 rings (SSSR count). The highest BCUT2D eigenvalue weighted by Gasteiger charge is 2.33. The Labute approximate surface area is 205 Å². The summed E-state index contributed by atoms with van der Waals surface area (Å²) in [4.78, 5) is 11.9. The minimum absolute atomic E-state index is 0.0586. The van der Waals surface area contributed by atoms with Gasteiger partial charge in [-0.05, 0) is 62.1 Å². The molecule has 0 spiro atoms. The van der Waals surface area contributed by atoms with Crippen LogP contribution in [0.3, 0.4) is 0 Å². The van der Waals surface area contributed by atoms with Gasteiger partial charge in [0.05, 0.1) is 16.2 Å². The van der Waals surface area contributed by atoms with Gasteiger partial charge in [-0.2, -0.15) is 9.29 Å². The molecule has 1 saturated heterocycles. The maximum atomic E-state index is 13.4. The van der Waals surface area contributed by atoms with E-state index in [1.54, 1.807) is 0 Å². The van der Waals surface area contributed by atoms with Crippen molar-refractivity contribution in [2.24, 2.45) is 5.92 Å². The highest BCUT2D eigenvalue weighted by atomic mass is 32.2. The monoisotopic (exact) mass is 496 g/mol. The normalized spacial score (nSPS) is 17.3. The Morgan fingerprint density at radius 3 is 2.34 bits per heavy atom. The summed E-state index contributed by atoms with van der Waals surface area (Å²) >= 11 is 0. The summed E-state index contributed by atoms with van der Waals surface area (Å²) in [5.74, 6) is 1.85. The first-order chi connectivity index (χ1) is 16.8. The first-order valence-corrected chi connectivity index (χ1v) is 13.4. The number of hydrogen-bond donors (Lipinski definition) is 0. The lowest BCUT2D eigenvalue weighted by Gasteiger charge is -2.33. The molecule has 2 aliphatic rings. The maximum Gasteiger partial charge on any atom is 0.243 e. The quantitative estimate of drug-likeness (QED) is 0.510. The second-order valence-electron chi connectivity index (χ2n) is 9.38. The number of hydrogen-bond acceptors (Lipinski definition) is 6.